The maximum atomic E-state index is 12.5. The molecule has 2 rings (SSSR count). The maximum absolute atomic E-state index is 12.5. The first kappa shape index (κ1) is 17.7. The van der Waals surface area contributed by atoms with Gasteiger partial charge in [0.25, 0.3) is 5.91 Å². The van der Waals surface area contributed by atoms with Crippen LogP contribution in [-0.4, -0.2) is 10.9 Å². The number of anilines is 1. The van der Waals surface area contributed by atoms with Gasteiger partial charge in [0.05, 0.1) is 5.56 Å². The van der Waals surface area contributed by atoms with Crippen molar-refractivity contribution in [3.8, 4) is 0 Å². The van der Waals surface area contributed by atoms with Crippen molar-refractivity contribution in [1.82, 2.24) is 4.98 Å². The van der Waals surface area contributed by atoms with Gasteiger partial charge in [0, 0.05) is 11.8 Å². The highest BCUT2D eigenvalue weighted by Gasteiger charge is 2.30. The second-order valence-electron chi connectivity index (χ2n) is 5.61. The number of carbonyl (C=O) groups is 1. The standard InChI is InChI=1S/C18H17F3N2O/c1-12(2)3-4-13-5-7-14(8-6-13)17(24)23-16-10-9-15(11-22-16)18(19,20)21/h3-12H,1-2H3,(H,22,23,24)/b4-3+. The SMILES string of the molecule is CC(C)/C=C/c1ccc(C(=O)Nc2ccc(C(F)(F)F)cn2)cc1. The largest absolute Gasteiger partial charge is 0.417 e. The van der Waals surface area contributed by atoms with E-state index in [0.717, 1.165) is 17.7 Å². The van der Waals surface area contributed by atoms with E-state index in [1.807, 2.05) is 12.2 Å². The number of hydrogen-bond acceptors (Lipinski definition) is 2. The molecule has 0 radical (unpaired) electrons. The highest BCUT2D eigenvalue weighted by Crippen LogP contribution is 2.28. The molecule has 6 heteroatoms. The monoisotopic (exact) mass is 334 g/mol. The van der Waals surface area contributed by atoms with E-state index in [0.29, 0.717) is 17.7 Å². The van der Waals surface area contributed by atoms with Gasteiger partial charge in [-0.05, 0) is 35.7 Å². The lowest BCUT2D eigenvalue weighted by atomic mass is 10.1. The molecule has 0 saturated carbocycles. The Morgan fingerprint density at radius 3 is 2.29 bits per heavy atom. The molecule has 0 atom stereocenters. The first-order valence-corrected chi connectivity index (χ1v) is 7.38. The van der Waals surface area contributed by atoms with Gasteiger partial charge >= 0.3 is 6.18 Å². The van der Waals surface area contributed by atoms with Gasteiger partial charge in [0.2, 0.25) is 0 Å². The van der Waals surface area contributed by atoms with Crippen molar-refractivity contribution in [3.63, 3.8) is 0 Å². The van der Waals surface area contributed by atoms with Crippen LogP contribution >= 0.6 is 0 Å². The number of rotatable bonds is 4. The number of pyridine rings is 1. The van der Waals surface area contributed by atoms with Crippen LogP contribution in [0.25, 0.3) is 6.08 Å². The van der Waals surface area contributed by atoms with Crippen LogP contribution < -0.4 is 5.32 Å². The Morgan fingerprint density at radius 1 is 1.12 bits per heavy atom. The summed E-state index contributed by atoms with van der Waals surface area (Å²) in [5.74, 6) is 0.0668. The van der Waals surface area contributed by atoms with Crippen molar-refractivity contribution >= 4 is 17.8 Å². The zero-order valence-corrected chi connectivity index (χ0v) is 13.3. The molecule has 0 saturated heterocycles. The average Bonchev–Trinajstić information content (AvgIpc) is 2.53. The molecule has 1 heterocycles. The minimum absolute atomic E-state index is 0.0665. The van der Waals surface area contributed by atoms with Crippen LogP contribution in [0.15, 0.2) is 48.7 Å². The van der Waals surface area contributed by atoms with Crippen molar-refractivity contribution < 1.29 is 18.0 Å². The first-order valence-electron chi connectivity index (χ1n) is 7.38. The van der Waals surface area contributed by atoms with E-state index in [-0.39, 0.29) is 5.82 Å². The van der Waals surface area contributed by atoms with Crippen molar-refractivity contribution in [1.29, 1.82) is 0 Å². The van der Waals surface area contributed by atoms with Gasteiger partial charge in [-0.3, -0.25) is 4.79 Å². The number of alkyl halides is 3. The molecule has 0 spiro atoms. The fraction of sp³-hybridized carbons (Fsp3) is 0.222. The fourth-order valence-electron chi connectivity index (χ4n) is 1.87. The summed E-state index contributed by atoms with van der Waals surface area (Å²) in [6.07, 6.45) is 0.245. The lowest BCUT2D eigenvalue weighted by Crippen LogP contribution is -2.13. The minimum Gasteiger partial charge on any atom is -0.307 e. The molecule has 1 amide bonds. The van der Waals surface area contributed by atoms with Gasteiger partial charge in [-0.1, -0.05) is 38.1 Å². The van der Waals surface area contributed by atoms with Gasteiger partial charge in [-0.2, -0.15) is 13.2 Å². The predicted molar refractivity (Wildman–Crippen MR) is 87.5 cm³/mol. The molecule has 1 aromatic carbocycles. The molecule has 0 fully saturated rings. The highest BCUT2D eigenvalue weighted by atomic mass is 19.4. The topological polar surface area (TPSA) is 42.0 Å². The number of halogens is 3. The Hall–Kier alpha value is -2.63. The summed E-state index contributed by atoms with van der Waals surface area (Å²) in [7, 11) is 0. The second-order valence-corrected chi connectivity index (χ2v) is 5.61. The zero-order chi connectivity index (χ0) is 17.7. The molecule has 1 aromatic heterocycles. The smallest absolute Gasteiger partial charge is 0.307 e. The molecule has 0 bridgehead atoms. The summed E-state index contributed by atoms with van der Waals surface area (Å²) in [6.45, 7) is 4.13. The molecule has 2 aromatic rings. The molecule has 0 aliphatic heterocycles. The van der Waals surface area contributed by atoms with Crippen LogP contribution in [0.4, 0.5) is 19.0 Å². The van der Waals surface area contributed by atoms with E-state index < -0.39 is 17.6 Å². The number of nitrogens with zero attached hydrogens (tertiary/aromatic N) is 1. The number of nitrogens with one attached hydrogen (secondary N) is 1. The summed E-state index contributed by atoms with van der Waals surface area (Å²) in [6, 6.07) is 8.91. The number of aromatic nitrogens is 1. The number of benzene rings is 1. The number of carbonyl (C=O) groups excluding carboxylic acids is 1. The van der Waals surface area contributed by atoms with Crippen LogP contribution in [0.5, 0.6) is 0 Å². The quantitative estimate of drug-likeness (QED) is 0.853. The van der Waals surface area contributed by atoms with Gasteiger partial charge in [0.15, 0.2) is 0 Å². The Morgan fingerprint density at radius 2 is 1.79 bits per heavy atom. The fourth-order valence-corrected chi connectivity index (χ4v) is 1.87. The highest BCUT2D eigenvalue weighted by molar-refractivity contribution is 6.03. The summed E-state index contributed by atoms with van der Waals surface area (Å²) >= 11 is 0. The third kappa shape index (κ3) is 4.94. The van der Waals surface area contributed by atoms with E-state index in [1.165, 1.54) is 0 Å². The lowest BCUT2D eigenvalue weighted by molar-refractivity contribution is -0.137. The van der Waals surface area contributed by atoms with E-state index >= 15 is 0 Å². The molecular weight excluding hydrogens is 317 g/mol. The molecule has 24 heavy (non-hydrogen) atoms. The maximum Gasteiger partial charge on any atom is 0.417 e. The normalized spacial score (nSPS) is 11.9. The summed E-state index contributed by atoms with van der Waals surface area (Å²) in [5, 5.41) is 2.47. The van der Waals surface area contributed by atoms with Crippen LogP contribution in [0.1, 0.15) is 35.3 Å². The van der Waals surface area contributed by atoms with Gasteiger partial charge in [-0.25, -0.2) is 4.98 Å². The summed E-state index contributed by atoms with van der Waals surface area (Å²) < 4.78 is 37.4. The van der Waals surface area contributed by atoms with E-state index in [9.17, 15) is 18.0 Å². The minimum atomic E-state index is -4.45. The van der Waals surface area contributed by atoms with E-state index in [1.54, 1.807) is 24.3 Å². The van der Waals surface area contributed by atoms with Gasteiger partial charge in [0.1, 0.15) is 5.82 Å². The summed E-state index contributed by atoms with van der Waals surface area (Å²) in [5.41, 5.74) is 0.507. The molecule has 0 aliphatic rings. The van der Waals surface area contributed by atoms with Crippen LogP contribution in [0, 0.1) is 5.92 Å². The lowest BCUT2D eigenvalue weighted by Gasteiger charge is -2.08. The Bertz CT molecular complexity index is 717. The molecule has 0 unspecified atom stereocenters. The molecule has 126 valence electrons. The molecule has 3 nitrogen and oxygen atoms in total. The van der Waals surface area contributed by atoms with Gasteiger partial charge in [-0.15, -0.1) is 0 Å². The third-order valence-electron chi connectivity index (χ3n) is 3.18. The molecule has 1 N–H and O–H groups in total. The van der Waals surface area contributed by atoms with Crippen molar-refractivity contribution in [2.75, 3.05) is 5.32 Å². The summed E-state index contributed by atoms with van der Waals surface area (Å²) in [4.78, 5) is 15.7. The van der Waals surface area contributed by atoms with Crippen molar-refractivity contribution in [2.24, 2.45) is 5.92 Å². The predicted octanol–water partition coefficient (Wildman–Crippen LogP) is 5.02. The van der Waals surface area contributed by atoms with Crippen LogP contribution in [-0.2, 0) is 6.18 Å². The van der Waals surface area contributed by atoms with E-state index in [4.69, 9.17) is 0 Å². The molecular formula is C18H17F3N2O. The van der Waals surface area contributed by atoms with Crippen molar-refractivity contribution in [3.05, 3.63) is 65.4 Å². The Labute approximate surface area is 138 Å². The zero-order valence-electron chi connectivity index (χ0n) is 13.3. The van der Waals surface area contributed by atoms with Gasteiger partial charge < -0.3 is 5.32 Å². The Kier molecular flexibility index (Phi) is 5.39. The number of allylic oxidation sites excluding steroid dienone is 1. The molecule has 0 aliphatic carbocycles. The van der Waals surface area contributed by atoms with Crippen molar-refractivity contribution in [2.45, 2.75) is 20.0 Å². The van der Waals surface area contributed by atoms with Crippen LogP contribution in [0.3, 0.4) is 0 Å². The van der Waals surface area contributed by atoms with E-state index in [2.05, 4.69) is 24.1 Å². The number of amides is 1. The average molecular weight is 334 g/mol. The third-order valence-corrected chi connectivity index (χ3v) is 3.18. The number of hydrogen-bond donors (Lipinski definition) is 1. The first-order chi connectivity index (χ1) is 11.3. The van der Waals surface area contributed by atoms with Crippen LogP contribution in [0.2, 0.25) is 0 Å². The Balaban J connectivity index is 2.04. The second kappa shape index (κ2) is 7.29.